The van der Waals surface area contributed by atoms with Crippen molar-refractivity contribution < 1.29 is 19.1 Å². The van der Waals surface area contributed by atoms with E-state index < -0.39 is 18.0 Å². The van der Waals surface area contributed by atoms with Gasteiger partial charge in [0.25, 0.3) is 5.91 Å². The molecule has 0 spiro atoms. The molecule has 6 nitrogen and oxygen atoms in total. The highest BCUT2D eigenvalue weighted by Gasteiger charge is 2.17. The van der Waals surface area contributed by atoms with E-state index in [2.05, 4.69) is 10.5 Å². The number of hydrogen-bond acceptors (Lipinski definition) is 5. The maximum Gasteiger partial charge on any atom is 0.343 e. The van der Waals surface area contributed by atoms with Crippen molar-refractivity contribution in [3.05, 3.63) is 106 Å². The second-order valence-corrected chi connectivity index (χ2v) is 8.37. The zero-order chi connectivity index (χ0) is 24.8. The summed E-state index contributed by atoms with van der Waals surface area (Å²) in [6.07, 6.45) is 0.559. The Morgan fingerprint density at radius 1 is 0.914 bits per heavy atom. The monoisotopic (exact) mass is 506 g/mol. The lowest BCUT2D eigenvalue weighted by Gasteiger charge is -2.14. The number of carbonyl (C=O) groups is 2. The minimum atomic E-state index is -0.881. The average molecular weight is 507 g/mol. The molecule has 0 saturated heterocycles. The van der Waals surface area contributed by atoms with Gasteiger partial charge in [-0.1, -0.05) is 71.7 Å². The third-order valence-corrected chi connectivity index (χ3v) is 5.61. The third kappa shape index (κ3) is 5.98. The molecule has 0 aromatic heterocycles. The van der Waals surface area contributed by atoms with Crippen LogP contribution in [-0.2, 0) is 4.79 Å². The highest BCUT2D eigenvalue weighted by molar-refractivity contribution is 6.35. The van der Waals surface area contributed by atoms with Crippen LogP contribution in [0.25, 0.3) is 10.8 Å². The predicted molar refractivity (Wildman–Crippen MR) is 138 cm³/mol. The van der Waals surface area contributed by atoms with Crippen molar-refractivity contribution in [3.8, 4) is 11.5 Å². The average Bonchev–Trinajstić information content (AvgIpc) is 2.87. The first-order chi connectivity index (χ1) is 16.9. The standard InChI is InChI=1S/C27H20Cl2N2O4/c1-17(34-25-14-12-20(28)15-23(25)29)26(32)31-30-16-22-21-10-6-5-7-18(21)11-13-24(22)35-27(33)19-8-3-2-4-9-19/h2-17H,1H3,(H,31,32)/b30-16-/t17-/m0/s1. The van der Waals surface area contributed by atoms with Crippen molar-refractivity contribution in [1.29, 1.82) is 0 Å². The van der Waals surface area contributed by atoms with Crippen molar-refractivity contribution in [3.63, 3.8) is 0 Å². The number of hydrazone groups is 1. The molecule has 8 heteroatoms. The van der Waals surface area contributed by atoms with E-state index >= 15 is 0 Å². The second-order valence-electron chi connectivity index (χ2n) is 7.52. The number of esters is 1. The van der Waals surface area contributed by atoms with Crippen LogP contribution < -0.4 is 14.9 Å². The summed E-state index contributed by atoms with van der Waals surface area (Å²) in [4.78, 5) is 25.1. The molecule has 35 heavy (non-hydrogen) atoms. The van der Waals surface area contributed by atoms with E-state index in [0.29, 0.717) is 32.7 Å². The van der Waals surface area contributed by atoms with Crippen molar-refractivity contribution in [2.24, 2.45) is 5.10 Å². The van der Waals surface area contributed by atoms with Gasteiger partial charge >= 0.3 is 5.97 Å². The number of carbonyl (C=O) groups excluding carboxylic acids is 2. The molecule has 0 saturated carbocycles. The van der Waals surface area contributed by atoms with Crippen LogP contribution in [0.3, 0.4) is 0 Å². The molecule has 4 aromatic carbocycles. The summed E-state index contributed by atoms with van der Waals surface area (Å²) in [5.74, 6) is -0.351. The van der Waals surface area contributed by atoms with Gasteiger partial charge in [-0.25, -0.2) is 10.2 Å². The van der Waals surface area contributed by atoms with Crippen molar-refractivity contribution in [2.45, 2.75) is 13.0 Å². The lowest BCUT2D eigenvalue weighted by Crippen LogP contribution is -2.33. The van der Waals surface area contributed by atoms with Crippen molar-refractivity contribution in [2.75, 3.05) is 0 Å². The van der Waals surface area contributed by atoms with Crippen LogP contribution >= 0.6 is 23.2 Å². The molecule has 176 valence electrons. The lowest BCUT2D eigenvalue weighted by atomic mass is 10.0. The molecule has 0 heterocycles. The Kier molecular flexibility index (Phi) is 7.65. The number of nitrogens with one attached hydrogen (secondary N) is 1. The van der Waals surface area contributed by atoms with Crippen LogP contribution in [0.1, 0.15) is 22.8 Å². The van der Waals surface area contributed by atoms with Gasteiger partial charge < -0.3 is 9.47 Å². The highest BCUT2D eigenvalue weighted by atomic mass is 35.5. The Bertz CT molecular complexity index is 1410. The molecule has 1 atom stereocenters. The molecule has 1 N–H and O–H groups in total. The van der Waals surface area contributed by atoms with E-state index in [1.807, 2.05) is 36.4 Å². The summed E-state index contributed by atoms with van der Waals surface area (Å²) in [6, 6.07) is 24.5. The van der Waals surface area contributed by atoms with E-state index in [9.17, 15) is 9.59 Å². The predicted octanol–water partition coefficient (Wildman–Crippen LogP) is 6.28. The van der Waals surface area contributed by atoms with E-state index in [1.165, 1.54) is 12.3 Å². The van der Waals surface area contributed by atoms with Gasteiger partial charge in [0.15, 0.2) is 6.10 Å². The lowest BCUT2D eigenvalue weighted by molar-refractivity contribution is -0.127. The normalized spacial score (nSPS) is 11.9. The Balaban J connectivity index is 1.53. The summed E-state index contributed by atoms with van der Waals surface area (Å²) in [5, 5.41) is 6.57. The number of hydrogen-bond donors (Lipinski definition) is 1. The van der Waals surface area contributed by atoms with Gasteiger partial charge in [-0.3, -0.25) is 4.79 Å². The highest BCUT2D eigenvalue weighted by Crippen LogP contribution is 2.29. The summed E-state index contributed by atoms with van der Waals surface area (Å²) < 4.78 is 11.3. The fourth-order valence-electron chi connectivity index (χ4n) is 3.30. The molecule has 0 aliphatic rings. The largest absolute Gasteiger partial charge is 0.479 e. The first-order valence-corrected chi connectivity index (χ1v) is 11.4. The fraction of sp³-hybridized carbons (Fsp3) is 0.0741. The van der Waals surface area contributed by atoms with Gasteiger partial charge in [0.05, 0.1) is 16.8 Å². The van der Waals surface area contributed by atoms with Gasteiger partial charge in [-0.15, -0.1) is 0 Å². The molecule has 0 unspecified atom stereocenters. The van der Waals surface area contributed by atoms with Crippen LogP contribution in [0.15, 0.2) is 90.0 Å². The smallest absolute Gasteiger partial charge is 0.343 e. The Labute approximate surface area is 212 Å². The summed E-state index contributed by atoms with van der Waals surface area (Å²) in [7, 11) is 0. The second kappa shape index (κ2) is 11.0. The molecular weight excluding hydrogens is 487 g/mol. The van der Waals surface area contributed by atoms with E-state index in [4.69, 9.17) is 32.7 Å². The first kappa shape index (κ1) is 24.3. The van der Waals surface area contributed by atoms with Crippen LogP contribution in [0.2, 0.25) is 10.0 Å². The van der Waals surface area contributed by atoms with Crippen LogP contribution in [0.5, 0.6) is 11.5 Å². The molecular formula is C27H20Cl2N2O4. The molecule has 0 fully saturated rings. The quantitative estimate of drug-likeness (QED) is 0.138. The summed E-state index contributed by atoms with van der Waals surface area (Å²) >= 11 is 12.0. The fourth-order valence-corrected chi connectivity index (χ4v) is 3.75. The van der Waals surface area contributed by atoms with Gasteiger partial charge in [0.2, 0.25) is 0 Å². The van der Waals surface area contributed by atoms with Gasteiger partial charge in [0, 0.05) is 10.6 Å². The minimum absolute atomic E-state index is 0.293. The van der Waals surface area contributed by atoms with E-state index in [-0.39, 0.29) is 0 Å². The Morgan fingerprint density at radius 3 is 2.40 bits per heavy atom. The molecule has 0 aliphatic heterocycles. The Morgan fingerprint density at radius 2 is 1.63 bits per heavy atom. The Hall–Kier alpha value is -3.87. The molecule has 0 bridgehead atoms. The SMILES string of the molecule is C[C@H](Oc1ccc(Cl)cc1Cl)C(=O)N/N=C\c1c(OC(=O)c2ccccc2)ccc2ccccc12. The number of amides is 1. The third-order valence-electron chi connectivity index (χ3n) is 5.08. The maximum absolute atomic E-state index is 12.6. The number of ether oxygens (including phenoxy) is 2. The zero-order valence-electron chi connectivity index (χ0n) is 18.6. The van der Waals surface area contributed by atoms with Crippen molar-refractivity contribution in [1.82, 2.24) is 5.43 Å². The van der Waals surface area contributed by atoms with Crippen LogP contribution in [0, 0.1) is 0 Å². The maximum atomic E-state index is 12.6. The van der Waals surface area contributed by atoms with E-state index in [0.717, 1.165) is 10.8 Å². The number of nitrogens with zero attached hydrogens (tertiary/aromatic N) is 1. The number of benzene rings is 4. The number of fused-ring (bicyclic) bond motifs is 1. The van der Waals surface area contributed by atoms with Gasteiger partial charge in [0.1, 0.15) is 11.5 Å². The minimum Gasteiger partial charge on any atom is -0.479 e. The molecule has 0 aliphatic carbocycles. The number of halogens is 2. The molecule has 4 rings (SSSR count). The van der Waals surface area contributed by atoms with E-state index in [1.54, 1.807) is 49.4 Å². The number of rotatable bonds is 7. The molecule has 0 radical (unpaired) electrons. The topological polar surface area (TPSA) is 77.0 Å². The molecule has 1 amide bonds. The zero-order valence-corrected chi connectivity index (χ0v) is 20.1. The van der Waals surface area contributed by atoms with Crippen molar-refractivity contribution >= 4 is 52.1 Å². The van der Waals surface area contributed by atoms with Gasteiger partial charge in [-0.05, 0) is 54.1 Å². The summed E-state index contributed by atoms with van der Waals surface area (Å²) in [6.45, 7) is 1.57. The van der Waals surface area contributed by atoms with Crippen LogP contribution in [-0.4, -0.2) is 24.2 Å². The van der Waals surface area contributed by atoms with Crippen LogP contribution in [0.4, 0.5) is 0 Å². The van der Waals surface area contributed by atoms with Gasteiger partial charge in [-0.2, -0.15) is 5.10 Å². The first-order valence-electron chi connectivity index (χ1n) is 10.7. The summed E-state index contributed by atoms with van der Waals surface area (Å²) in [5.41, 5.74) is 3.42. The molecule has 4 aromatic rings.